The summed E-state index contributed by atoms with van der Waals surface area (Å²) in [7, 11) is 0. The number of nitrogens with two attached hydrogens (primary N) is 1. The first kappa shape index (κ1) is 14.3. The molecule has 1 heterocycles. The Balaban J connectivity index is 2.49. The van der Waals surface area contributed by atoms with Gasteiger partial charge in [-0.2, -0.15) is 0 Å². The smallest absolute Gasteiger partial charge is 0.144 e. The molecule has 0 aliphatic carbocycles. The summed E-state index contributed by atoms with van der Waals surface area (Å²) in [6.07, 6.45) is 1.16. The number of amidine groups is 1. The van der Waals surface area contributed by atoms with Gasteiger partial charge >= 0.3 is 0 Å². The van der Waals surface area contributed by atoms with E-state index in [4.69, 9.17) is 15.7 Å². The maximum atomic E-state index is 8.73. The first-order valence-electron chi connectivity index (χ1n) is 6.20. The van der Waals surface area contributed by atoms with Gasteiger partial charge in [-0.3, -0.25) is 4.90 Å². The van der Waals surface area contributed by atoms with Gasteiger partial charge in [0.25, 0.3) is 0 Å². The highest BCUT2D eigenvalue weighted by Gasteiger charge is 2.28. The van der Waals surface area contributed by atoms with Crippen LogP contribution in [-0.2, 0) is 4.74 Å². The second-order valence-electron chi connectivity index (χ2n) is 5.61. The minimum Gasteiger partial charge on any atom is -0.409 e. The number of rotatable bonds is 4. The summed E-state index contributed by atoms with van der Waals surface area (Å²) in [5, 5.41) is 11.8. The zero-order valence-electron chi connectivity index (χ0n) is 11.3. The quantitative estimate of drug-likeness (QED) is 0.337. The molecule has 0 amide bonds. The Morgan fingerprint density at radius 2 is 2.18 bits per heavy atom. The van der Waals surface area contributed by atoms with E-state index in [-0.39, 0.29) is 11.5 Å². The molecule has 0 aromatic heterocycles. The van der Waals surface area contributed by atoms with Crippen LogP contribution < -0.4 is 5.73 Å². The molecule has 1 rings (SSSR count). The molecule has 100 valence electrons. The van der Waals surface area contributed by atoms with E-state index in [0.29, 0.717) is 11.9 Å². The molecule has 1 aliphatic heterocycles. The van der Waals surface area contributed by atoms with Gasteiger partial charge in [-0.15, -0.1) is 0 Å². The highest BCUT2D eigenvalue weighted by atomic mass is 16.5. The van der Waals surface area contributed by atoms with Crippen LogP contribution in [0.3, 0.4) is 0 Å². The van der Waals surface area contributed by atoms with Crippen LogP contribution in [0.25, 0.3) is 0 Å². The molecule has 0 saturated carbocycles. The average Bonchev–Trinajstić information content (AvgIpc) is 2.29. The van der Waals surface area contributed by atoms with Crippen LogP contribution >= 0.6 is 0 Å². The van der Waals surface area contributed by atoms with Crippen LogP contribution in [0.4, 0.5) is 0 Å². The highest BCUT2D eigenvalue weighted by Crippen LogP contribution is 2.22. The monoisotopic (exact) mass is 243 g/mol. The molecule has 0 bridgehead atoms. The molecular formula is C12H25N3O2. The molecule has 5 heteroatoms. The zero-order valence-corrected chi connectivity index (χ0v) is 11.3. The fourth-order valence-corrected chi connectivity index (χ4v) is 1.97. The van der Waals surface area contributed by atoms with Crippen molar-refractivity contribution in [3.8, 4) is 0 Å². The van der Waals surface area contributed by atoms with Gasteiger partial charge in [0, 0.05) is 18.0 Å². The summed E-state index contributed by atoms with van der Waals surface area (Å²) in [5.41, 5.74) is 5.42. The minimum absolute atomic E-state index is 0.268. The summed E-state index contributed by atoms with van der Waals surface area (Å²) < 4.78 is 5.59. The van der Waals surface area contributed by atoms with E-state index >= 15 is 0 Å². The fraction of sp³-hybridized carbons (Fsp3) is 0.917. The fourth-order valence-electron chi connectivity index (χ4n) is 1.97. The molecule has 1 aliphatic rings. The standard InChI is InChI=1S/C12H25N3O2/c1-9-8-17-10(2)7-15(9)6-5-12(3,4)11(13)14-16/h9-10,16H,5-8H2,1-4H3,(H2,13,14). The first-order chi connectivity index (χ1) is 7.86. The first-order valence-corrected chi connectivity index (χ1v) is 6.20. The molecule has 1 saturated heterocycles. The van der Waals surface area contributed by atoms with Gasteiger partial charge < -0.3 is 15.7 Å². The van der Waals surface area contributed by atoms with Crippen LogP contribution in [0, 0.1) is 5.41 Å². The molecule has 0 aromatic rings. The lowest BCUT2D eigenvalue weighted by Gasteiger charge is -2.38. The molecule has 3 N–H and O–H groups in total. The van der Waals surface area contributed by atoms with E-state index in [1.54, 1.807) is 0 Å². The number of hydrogen-bond donors (Lipinski definition) is 2. The summed E-state index contributed by atoms with van der Waals surface area (Å²) in [4.78, 5) is 2.40. The van der Waals surface area contributed by atoms with E-state index < -0.39 is 0 Å². The van der Waals surface area contributed by atoms with E-state index in [9.17, 15) is 0 Å². The van der Waals surface area contributed by atoms with Crippen LogP contribution in [0.5, 0.6) is 0 Å². The van der Waals surface area contributed by atoms with Crippen molar-refractivity contribution in [2.45, 2.75) is 46.3 Å². The topological polar surface area (TPSA) is 71.1 Å². The third kappa shape index (κ3) is 3.85. The molecule has 2 atom stereocenters. The van der Waals surface area contributed by atoms with E-state index in [0.717, 1.165) is 26.1 Å². The van der Waals surface area contributed by atoms with Gasteiger partial charge in [0.1, 0.15) is 5.84 Å². The van der Waals surface area contributed by atoms with Crippen LogP contribution in [-0.4, -0.2) is 47.8 Å². The van der Waals surface area contributed by atoms with Crippen LogP contribution in [0.15, 0.2) is 5.16 Å². The second kappa shape index (κ2) is 5.69. The number of nitrogens with zero attached hydrogens (tertiary/aromatic N) is 2. The van der Waals surface area contributed by atoms with Crippen molar-refractivity contribution in [1.82, 2.24) is 4.90 Å². The average molecular weight is 243 g/mol. The van der Waals surface area contributed by atoms with Gasteiger partial charge in [-0.1, -0.05) is 19.0 Å². The van der Waals surface area contributed by atoms with Crippen molar-refractivity contribution in [3.63, 3.8) is 0 Å². The largest absolute Gasteiger partial charge is 0.409 e. The minimum atomic E-state index is -0.268. The SMILES string of the molecule is CC1CN(CCC(C)(C)C(N)=NO)C(C)CO1. The Bertz CT molecular complexity index is 279. The molecule has 0 radical (unpaired) electrons. The molecule has 5 nitrogen and oxygen atoms in total. The van der Waals surface area contributed by atoms with Crippen molar-refractivity contribution in [3.05, 3.63) is 0 Å². The Hall–Kier alpha value is -0.810. The Kier molecular flexibility index (Phi) is 4.77. The summed E-state index contributed by atoms with van der Waals surface area (Å²) in [6.45, 7) is 10.9. The number of ether oxygens (including phenoxy) is 1. The predicted octanol–water partition coefficient (Wildman–Crippen LogP) is 1.26. The molecule has 2 unspecified atom stereocenters. The number of oxime groups is 1. The van der Waals surface area contributed by atoms with Crippen molar-refractivity contribution in [2.75, 3.05) is 19.7 Å². The van der Waals surface area contributed by atoms with Gasteiger partial charge in [0.15, 0.2) is 0 Å². The molecule has 1 fully saturated rings. The number of morpholine rings is 1. The summed E-state index contributed by atoms with van der Waals surface area (Å²) in [5.74, 6) is 0.298. The zero-order chi connectivity index (χ0) is 13.1. The highest BCUT2D eigenvalue weighted by molar-refractivity contribution is 5.85. The summed E-state index contributed by atoms with van der Waals surface area (Å²) in [6, 6.07) is 0.439. The summed E-state index contributed by atoms with van der Waals surface area (Å²) >= 11 is 0. The van der Waals surface area contributed by atoms with E-state index in [1.165, 1.54) is 0 Å². The molecule has 17 heavy (non-hydrogen) atoms. The molecule has 0 aromatic carbocycles. The van der Waals surface area contributed by atoms with E-state index in [2.05, 4.69) is 23.9 Å². The Morgan fingerprint density at radius 1 is 1.53 bits per heavy atom. The lowest BCUT2D eigenvalue weighted by Crippen LogP contribution is -2.48. The predicted molar refractivity (Wildman–Crippen MR) is 68.3 cm³/mol. The maximum Gasteiger partial charge on any atom is 0.144 e. The Labute approximate surface area is 104 Å². The van der Waals surface area contributed by atoms with Crippen molar-refractivity contribution in [1.29, 1.82) is 0 Å². The van der Waals surface area contributed by atoms with Gasteiger partial charge in [0.2, 0.25) is 0 Å². The van der Waals surface area contributed by atoms with Crippen LogP contribution in [0.1, 0.15) is 34.1 Å². The lowest BCUT2D eigenvalue weighted by atomic mass is 9.87. The second-order valence-corrected chi connectivity index (χ2v) is 5.61. The van der Waals surface area contributed by atoms with Crippen molar-refractivity contribution < 1.29 is 9.94 Å². The Morgan fingerprint density at radius 3 is 2.76 bits per heavy atom. The lowest BCUT2D eigenvalue weighted by molar-refractivity contribution is -0.0511. The van der Waals surface area contributed by atoms with Gasteiger partial charge in [-0.25, -0.2) is 0 Å². The molecular weight excluding hydrogens is 218 g/mol. The van der Waals surface area contributed by atoms with Crippen LogP contribution in [0.2, 0.25) is 0 Å². The van der Waals surface area contributed by atoms with Gasteiger partial charge in [0.05, 0.1) is 12.7 Å². The van der Waals surface area contributed by atoms with Crippen molar-refractivity contribution >= 4 is 5.84 Å². The van der Waals surface area contributed by atoms with Crippen molar-refractivity contribution in [2.24, 2.45) is 16.3 Å². The van der Waals surface area contributed by atoms with E-state index in [1.807, 2.05) is 13.8 Å². The third-order valence-electron chi connectivity index (χ3n) is 3.56. The van der Waals surface area contributed by atoms with Gasteiger partial charge in [-0.05, 0) is 26.8 Å². The molecule has 0 spiro atoms. The number of hydrogen-bond acceptors (Lipinski definition) is 4. The maximum absolute atomic E-state index is 8.73. The normalized spacial score (nSPS) is 28.4. The third-order valence-corrected chi connectivity index (χ3v) is 3.56.